The second kappa shape index (κ2) is 7.71. The molecule has 1 aromatic heterocycles. The molecule has 2 heterocycles. The summed E-state index contributed by atoms with van der Waals surface area (Å²) in [5.41, 5.74) is 0.998. The van der Waals surface area contributed by atoms with Gasteiger partial charge in [-0.3, -0.25) is 9.58 Å². The fourth-order valence-corrected chi connectivity index (χ4v) is 2.69. The Hall–Kier alpha value is -0.980. The molecule has 1 N–H and O–H groups in total. The molecule has 0 radical (unpaired) electrons. The number of nitrogens with zero attached hydrogens (tertiary/aromatic N) is 4. The number of nitrogens with one attached hydrogen (secondary N) is 1. The smallest absolute Gasteiger partial charge is 0.0964 e. The van der Waals surface area contributed by atoms with Crippen molar-refractivity contribution in [1.82, 2.24) is 25.2 Å². The molecule has 1 unspecified atom stereocenters. The highest BCUT2D eigenvalue weighted by Gasteiger charge is 2.21. The molecule has 0 saturated carbocycles. The molecule has 0 aliphatic carbocycles. The first-order valence-electron chi connectivity index (χ1n) is 7.53. The first-order chi connectivity index (χ1) is 9.65. The highest BCUT2D eigenvalue weighted by molar-refractivity contribution is 4.91. The minimum absolute atomic E-state index is 0.579. The zero-order chi connectivity index (χ0) is 14.4. The Balaban J connectivity index is 1.80. The largest absolute Gasteiger partial charge is 0.379 e. The lowest BCUT2D eigenvalue weighted by Gasteiger charge is -2.35. The van der Waals surface area contributed by atoms with Crippen LogP contribution in [0.1, 0.15) is 26.0 Å². The predicted octanol–water partition coefficient (Wildman–Crippen LogP) is 0.652. The van der Waals surface area contributed by atoms with Crippen molar-refractivity contribution >= 4 is 0 Å². The number of ether oxygens (including phenoxy) is 1. The average molecular weight is 281 g/mol. The highest BCUT2D eigenvalue weighted by atomic mass is 16.5. The predicted molar refractivity (Wildman–Crippen MR) is 78.3 cm³/mol. The number of aryl methyl sites for hydroxylation is 1. The maximum atomic E-state index is 5.45. The summed E-state index contributed by atoms with van der Waals surface area (Å²) in [6.45, 7) is 10.2. The van der Waals surface area contributed by atoms with Crippen LogP contribution in [0.25, 0.3) is 0 Å². The van der Waals surface area contributed by atoms with Crippen molar-refractivity contribution in [2.75, 3.05) is 32.8 Å². The summed E-state index contributed by atoms with van der Waals surface area (Å²) in [6, 6.07) is 0.579. The van der Waals surface area contributed by atoms with Crippen LogP contribution in [-0.4, -0.2) is 58.8 Å². The van der Waals surface area contributed by atoms with Crippen LogP contribution in [-0.2, 0) is 18.3 Å². The monoisotopic (exact) mass is 281 g/mol. The standard InChI is InChI=1S/C14H27N5O/c1-12(2)8-14(19-4-6-20-7-5-19)10-15-9-13-11-18(3)17-16-13/h11-12,14-15H,4-10H2,1-3H3. The van der Waals surface area contributed by atoms with Crippen molar-refractivity contribution in [3.05, 3.63) is 11.9 Å². The second-order valence-electron chi connectivity index (χ2n) is 5.95. The minimum Gasteiger partial charge on any atom is -0.379 e. The average Bonchev–Trinajstić information content (AvgIpc) is 2.84. The first kappa shape index (κ1) is 15.4. The van der Waals surface area contributed by atoms with Gasteiger partial charge < -0.3 is 10.1 Å². The Bertz CT molecular complexity index is 387. The molecule has 6 nitrogen and oxygen atoms in total. The van der Waals surface area contributed by atoms with E-state index in [0.717, 1.165) is 45.1 Å². The van der Waals surface area contributed by atoms with Crippen LogP contribution in [0.5, 0.6) is 0 Å². The summed E-state index contributed by atoms with van der Waals surface area (Å²) in [4.78, 5) is 2.55. The SMILES string of the molecule is CC(C)CC(CNCc1cn(C)nn1)N1CCOCC1. The van der Waals surface area contributed by atoms with Crippen molar-refractivity contribution < 1.29 is 4.74 Å². The molecule has 1 aliphatic rings. The molecule has 6 heteroatoms. The number of aromatic nitrogens is 3. The van der Waals surface area contributed by atoms with Crippen LogP contribution in [0.3, 0.4) is 0 Å². The molecule has 1 saturated heterocycles. The Morgan fingerprint density at radius 2 is 2.10 bits per heavy atom. The van der Waals surface area contributed by atoms with Crippen LogP contribution < -0.4 is 5.32 Å². The van der Waals surface area contributed by atoms with Crippen molar-refractivity contribution in [1.29, 1.82) is 0 Å². The maximum absolute atomic E-state index is 5.45. The highest BCUT2D eigenvalue weighted by Crippen LogP contribution is 2.13. The third-order valence-corrected chi connectivity index (χ3v) is 3.64. The Morgan fingerprint density at radius 1 is 1.35 bits per heavy atom. The van der Waals surface area contributed by atoms with Crippen LogP contribution in [0.2, 0.25) is 0 Å². The zero-order valence-electron chi connectivity index (χ0n) is 12.9. The molecule has 114 valence electrons. The van der Waals surface area contributed by atoms with E-state index in [9.17, 15) is 0 Å². The lowest BCUT2D eigenvalue weighted by molar-refractivity contribution is 0.0123. The Morgan fingerprint density at radius 3 is 2.70 bits per heavy atom. The minimum atomic E-state index is 0.579. The van der Waals surface area contributed by atoms with Gasteiger partial charge in [0, 0.05) is 45.5 Å². The lowest BCUT2D eigenvalue weighted by Crippen LogP contribution is -2.48. The van der Waals surface area contributed by atoms with Gasteiger partial charge in [-0.05, 0) is 12.3 Å². The summed E-state index contributed by atoms with van der Waals surface area (Å²) in [5.74, 6) is 0.709. The van der Waals surface area contributed by atoms with E-state index in [1.807, 2.05) is 13.2 Å². The third kappa shape index (κ3) is 4.85. The molecular formula is C14H27N5O. The molecule has 1 aliphatic heterocycles. The molecular weight excluding hydrogens is 254 g/mol. The van der Waals surface area contributed by atoms with Gasteiger partial charge in [-0.15, -0.1) is 5.10 Å². The molecule has 1 atom stereocenters. The zero-order valence-corrected chi connectivity index (χ0v) is 12.9. The molecule has 2 rings (SSSR count). The van der Waals surface area contributed by atoms with E-state index in [-0.39, 0.29) is 0 Å². The van der Waals surface area contributed by atoms with Crippen molar-refractivity contribution in [3.8, 4) is 0 Å². The molecule has 0 bridgehead atoms. The number of morpholine rings is 1. The van der Waals surface area contributed by atoms with Crippen molar-refractivity contribution in [2.24, 2.45) is 13.0 Å². The summed E-state index contributed by atoms with van der Waals surface area (Å²) in [6.07, 6.45) is 3.17. The van der Waals surface area contributed by atoms with Gasteiger partial charge in [-0.25, -0.2) is 0 Å². The van der Waals surface area contributed by atoms with E-state index < -0.39 is 0 Å². The maximum Gasteiger partial charge on any atom is 0.0964 e. The van der Waals surface area contributed by atoms with Crippen molar-refractivity contribution in [3.63, 3.8) is 0 Å². The van der Waals surface area contributed by atoms with E-state index in [4.69, 9.17) is 4.74 Å². The van der Waals surface area contributed by atoms with Gasteiger partial charge in [0.15, 0.2) is 0 Å². The van der Waals surface area contributed by atoms with E-state index in [1.54, 1.807) is 4.68 Å². The molecule has 1 aromatic rings. The van der Waals surface area contributed by atoms with Crippen LogP contribution in [0.4, 0.5) is 0 Å². The molecule has 20 heavy (non-hydrogen) atoms. The van der Waals surface area contributed by atoms with Crippen LogP contribution >= 0.6 is 0 Å². The van der Waals surface area contributed by atoms with Gasteiger partial charge in [0.05, 0.1) is 18.9 Å². The van der Waals surface area contributed by atoms with Gasteiger partial charge in [-0.2, -0.15) is 0 Å². The van der Waals surface area contributed by atoms with Crippen LogP contribution in [0, 0.1) is 5.92 Å². The topological polar surface area (TPSA) is 55.2 Å². The van der Waals surface area contributed by atoms with Gasteiger partial charge in [0.25, 0.3) is 0 Å². The summed E-state index contributed by atoms with van der Waals surface area (Å²) in [7, 11) is 1.89. The summed E-state index contributed by atoms with van der Waals surface area (Å²) in [5, 5.41) is 11.6. The first-order valence-corrected chi connectivity index (χ1v) is 7.53. The fraction of sp³-hybridized carbons (Fsp3) is 0.857. The molecule has 0 spiro atoms. The van der Waals surface area contributed by atoms with E-state index in [0.29, 0.717) is 12.0 Å². The van der Waals surface area contributed by atoms with Crippen LogP contribution in [0.15, 0.2) is 6.20 Å². The Kier molecular flexibility index (Phi) is 5.94. The molecule has 0 aromatic carbocycles. The van der Waals surface area contributed by atoms with Crippen molar-refractivity contribution in [2.45, 2.75) is 32.9 Å². The summed E-state index contributed by atoms with van der Waals surface area (Å²) >= 11 is 0. The molecule has 0 amide bonds. The fourth-order valence-electron chi connectivity index (χ4n) is 2.69. The van der Waals surface area contributed by atoms with E-state index in [2.05, 4.69) is 34.4 Å². The lowest BCUT2D eigenvalue weighted by atomic mass is 10.0. The number of hydrogen-bond donors (Lipinski definition) is 1. The van der Waals surface area contributed by atoms with Gasteiger partial charge in [0.1, 0.15) is 0 Å². The normalized spacial score (nSPS) is 18.6. The Labute approximate surface area is 121 Å². The third-order valence-electron chi connectivity index (χ3n) is 3.64. The number of rotatable bonds is 7. The van der Waals surface area contributed by atoms with E-state index in [1.165, 1.54) is 6.42 Å². The van der Waals surface area contributed by atoms with Gasteiger partial charge >= 0.3 is 0 Å². The second-order valence-corrected chi connectivity index (χ2v) is 5.95. The van der Waals surface area contributed by atoms with Gasteiger partial charge in [-0.1, -0.05) is 19.1 Å². The van der Waals surface area contributed by atoms with Gasteiger partial charge in [0.2, 0.25) is 0 Å². The quantitative estimate of drug-likeness (QED) is 0.795. The molecule has 1 fully saturated rings. The number of hydrogen-bond acceptors (Lipinski definition) is 5. The summed E-state index contributed by atoms with van der Waals surface area (Å²) < 4.78 is 7.19. The van der Waals surface area contributed by atoms with E-state index >= 15 is 0 Å².